The fraction of sp³-hybridized carbons (Fsp3) is 0.167. The number of fused-ring (bicyclic) bond motifs is 1. The molecule has 2 N–H and O–H groups in total. The molecule has 0 fully saturated rings. The first-order valence-electron chi connectivity index (χ1n) is 7.18. The summed E-state index contributed by atoms with van der Waals surface area (Å²) in [6.07, 6.45) is 1.31. The number of aromatic hydroxyl groups is 2. The lowest BCUT2D eigenvalue weighted by atomic mass is 9.95. The summed E-state index contributed by atoms with van der Waals surface area (Å²) in [5, 5.41) is 19.4. The van der Waals surface area contributed by atoms with E-state index in [1.165, 1.54) is 6.07 Å². The smallest absolute Gasteiger partial charge is 0.174 e. The number of hydrogen-bond donors (Lipinski definition) is 2. The quantitative estimate of drug-likeness (QED) is 0.847. The van der Waals surface area contributed by atoms with Crippen LogP contribution in [0.25, 0.3) is 0 Å². The van der Waals surface area contributed by atoms with Gasteiger partial charge >= 0.3 is 0 Å². The number of phenolic OH excluding ortho intramolecular Hbond substituents is 2. The highest BCUT2D eigenvalue weighted by Crippen LogP contribution is 2.41. The standard InChI is InChI=1S/C18H16O5/c1-2-7-22-13-5-3-11(4-6-13)16-10-15(21)18-14(20)8-12(19)9-17(18)23-16/h2-6,8-9,16,19-20H,1,7,10H2. The minimum absolute atomic E-state index is 0.116. The van der Waals surface area contributed by atoms with Gasteiger partial charge in [-0.15, -0.1) is 0 Å². The van der Waals surface area contributed by atoms with E-state index in [0.29, 0.717) is 12.4 Å². The molecule has 2 aromatic carbocycles. The number of ether oxygens (including phenoxy) is 2. The molecule has 118 valence electrons. The average Bonchev–Trinajstić information content (AvgIpc) is 2.52. The summed E-state index contributed by atoms with van der Waals surface area (Å²) in [6, 6.07) is 9.70. The Morgan fingerprint density at radius 3 is 2.70 bits per heavy atom. The Hall–Kier alpha value is -2.95. The van der Waals surface area contributed by atoms with E-state index in [1.807, 2.05) is 12.1 Å². The van der Waals surface area contributed by atoms with E-state index in [0.717, 1.165) is 11.6 Å². The van der Waals surface area contributed by atoms with Crippen LogP contribution in [0.1, 0.15) is 28.4 Å². The van der Waals surface area contributed by atoms with Gasteiger partial charge in [0.15, 0.2) is 5.78 Å². The Balaban J connectivity index is 1.85. The summed E-state index contributed by atoms with van der Waals surface area (Å²) >= 11 is 0. The van der Waals surface area contributed by atoms with Crippen LogP contribution in [-0.2, 0) is 0 Å². The van der Waals surface area contributed by atoms with Crippen LogP contribution in [0.2, 0.25) is 0 Å². The van der Waals surface area contributed by atoms with Gasteiger partial charge in [0, 0.05) is 12.1 Å². The van der Waals surface area contributed by atoms with Gasteiger partial charge in [-0.2, -0.15) is 0 Å². The number of carbonyl (C=O) groups excluding carboxylic acids is 1. The largest absolute Gasteiger partial charge is 0.508 e. The van der Waals surface area contributed by atoms with Gasteiger partial charge in [0.2, 0.25) is 0 Å². The van der Waals surface area contributed by atoms with Crippen molar-refractivity contribution in [3.05, 3.63) is 60.2 Å². The van der Waals surface area contributed by atoms with Crippen LogP contribution in [0.4, 0.5) is 0 Å². The summed E-state index contributed by atoms with van der Waals surface area (Å²) < 4.78 is 11.2. The molecule has 0 saturated heterocycles. The third-order valence-electron chi connectivity index (χ3n) is 3.60. The molecule has 0 aromatic heterocycles. The third kappa shape index (κ3) is 2.99. The molecular formula is C18H16O5. The molecule has 0 spiro atoms. The molecule has 1 aliphatic rings. The summed E-state index contributed by atoms with van der Waals surface area (Å²) in [4.78, 5) is 12.3. The zero-order valence-corrected chi connectivity index (χ0v) is 12.4. The van der Waals surface area contributed by atoms with Crippen LogP contribution >= 0.6 is 0 Å². The maximum atomic E-state index is 12.3. The van der Waals surface area contributed by atoms with Crippen molar-refractivity contribution in [1.82, 2.24) is 0 Å². The lowest BCUT2D eigenvalue weighted by Gasteiger charge is -2.26. The molecule has 1 heterocycles. The average molecular weight is 312 g/mol. The van der Waals surface area contributed by atoms with Crippen molar-refractivity contribution < 1.29 is 24.5 Å². The van der Waals surface area contributed by atoms with E-state index < -0.39 is 6.10 Å². The van der Waals surface area contributed by atoms with Gasteiger partial charge in [-0.1, -0.05) is 24.8 Å². The van der Waals surface area contributed by atoms with Crippen LogP contribution in [-0.4, -0.2) is 22.6 Å². The van der Waals surface area contributed by atoms with Crippen LogP contribution in [0.5, 0.6) is 23.0 Å². The van der Waals surface area contributed by atoms with Gasteiger partial charge in [-0.3, -0.25) is 4.79 Å². The number of Topliss-reactive ketones (excluding diaryl/α,β-unsaturated/α-hetero) is 1. The van der Waals surface area contributed by atoms with E-state index in [9.17, 15) is 15.0 Å². The molecule has 5 heteroatoms. The minimum Gasteiger partial charge on any atom is -0.508 e. The maximum Gasteiger partial charge on any atom is 0.174 e. The number of ketones is 1. The van der Waals surface area contributed by atoms with E-state index in [4.69, 9.17) is 9.47 Å². The van der Waals surface area contributed by atoms with Crippen molar-refractivity contribution in [3.63, 3.8) is 0 Å². The van der Waals surface area contributed by atoms with Crippen LogP contribution in [0.15, 0.2) is 49.1 Å². The van der Waals surface area contributed by atoms with Gasteiger partial charge in [0.05, 0.1) is 6.42 Å². The predicted molar refractivity (Wildman–Crippen MR) is 84.2 cm³/mol. The van der Waals surface area contributed by atoms with Crippen molar-refractivity contribution in [2.75, 3.05) is 6.61 Å². The second-order valence-electron chi connectivity index (χ2n) is 5.24. The summed E-state index contributed by atoms with van der Waals surface area (Å²) in [7, 11) is 0. The molecule has 0 amide bonds. The van der Waals surface area contributed by atoms with E-state index in [1.54, 1.807) is 18.2 Å². The second kappa shape index (κ2) is 6.04. The topological polar surface area (TPSA) is 76.0 Å². The molecule has 3 rings (SSSR count). The normalized spacial score (nSPS) is 16.3. The maximum absolute atomic E-state index is 12.3. The van der Waals surface area contributed by atoms with Gasteiger partial charge in [-0.25, -0.2) is 0 Å². The first-order chi connectivity index (χ1) is 11.1. The molecule has 1 unspecified atom stereocenters. The molecule has 1 aliphatic heterocycles. The Bertz CT molecular complexity index is 749. The van der Waals surface area contributed by atoms with Gasteiger partial charge in [0.25, 0.3) is 0 Å². The SMILES string of the molecule is C=CCOc1ccc(C2CC(=O)c3c(O)cc(O)cc3O2)cc1. The lowest BCUT2D eigenvalue weighted by molar-refractivity contribution is 0.0845. The zero-order valence-electron chi connectivity index (χ0n) is 12.4. The molecule has 0 radical (unpaired) electrons. The number of phenols is 2. The number of hydrogen-bond acceptors (Lipinski definition) is 5. The Morgan fingerprint density at radius 1 is 1.26 bits per heavy atom. The molecule has 5 nitrogen and oxygen atoms in total. The van der Waals surface area contributed by atoms with Gasteiger partial charge < -0.3 is 19.7 Å². The fourth-order valence-corrected chi connectivity index (χ4v) is 2.54. The van der Waals surface area contributed by atoms with Crippen LogP contribution < -0.4 is 9.47 Å². The van der Waals surface area contributed by atoms with Crippen LogP contribution in [0, 0.1) is 0 Å². The summed E-state index contributed by atoms with van der Waals surface area (Å²) in [6.45, 7) is 4.01. The zero-order chi connectivity index (χ0) is 16.4. The highest BCUT2D eigenvalue weighted by Gasteiger charge is 2.30. The number of benzene rings is 2. The Labute approximate surface area is 133 Å². The number of carbonyl (C=O) groups is 1. The molecule has 23 heavy (non-hydrogen) atoms. The molecule has 2 aromatic rings. The molecule has 1 atom stereocenters. The molecule has 0 saturated carbocycles. The van der Waals surface area contributed by atoms with Crippen molar-refractivity contribution in [1.29, 1.82) is 0 Å². The van der Waals surface area contributed by atoms with E-state index >= 15 is 0 Å². The van der Waals surface area contributed by atoms with Gasteiger partial charge in [0.1, 0.15) is 41.3 Å². The number of rotatable bonds is 4. The lowest BCUT2D eigenvalue weighted by Crippen LogP contribution is -2.20. The first-order valence-corrected chi connectivity index (χ1v) is 7.18. The second-order valence-corrected chi connectivity index (χ2v) is 5.24. The summed E-state index contributed by atoms with van der Waals surface area (Å²) in [5.74, 6) is 0.252. The van der Waals surface area contributed by atoms with Crippen molar-refractivity contribution >= 4 is 5.78 Å². The minimum atomic E-state index is -0.468. The van der Waals surface area contributed by atoms with E-state index in [2.05, 4.69) is 6.58 Å². The molecule has 0 bridgehead atoms. The monoisotopic (exact) mass is 312 g/mol. The molecule has 0 aliphatic carbocycles. The first kappa shape index (κ1) is 15.0. The third-order valence-corrected chi connectivity index (χ3v) is 3.60. The fourth-order valence-electron chi connectivity index (χ4n) is 2.54. The van der Waals surface area contributed by atoms with Crippen molar-refractivity contribution in [2.24, 2.45) is 0 Å². The van der Waals surface area contributed by atoms with Crippen molar-refractivity contribution in [2.45, 2.75) is 12.5 Å². The molecular weight excluding hydrogens is 296 g/mol. The van der Waals surface area contributed by atoms with E-state index in [-0.39, 0.29) is 35.0 Å². The van der Waals surface area contributed by atoms with Crippen LogP contribution in [0.3, 0.4) is 0 Å². The predicted octanol–water partition coefficient (Wildman–Crippen LogP) is 3.37. The van der Waals surface area contributed by atoms with Crippen molar-refractivity contribution in [3.8, 4) is 23.0 Å². The Kier molecular flexibility index (Phi) is 3.93. The summed E-state index contributed by atoms with van der Waals surface area (Å²) in [5.41, 5.74) is 0.933. The highest BCUT2D eigenvalue weighted by molar-refractivity contribution is 6.02. The highest BCUT2D eigenvalue weighted by atomic mass is 16.5. The van der Waals surface area contributed by atoms with Gasteiger partial charge in [-0.05, 0) is 17.7 Å². The Morgan fingerprint density at radius 2 is 2.00 bits per heavy atom.